The summed E-state index contributed by atoms with van der Waals surface area (Å²) in [6, 6.07) is 5.04. The number of carbonyl (C=O) groups is 1. The predicted molar refractivity (Wildman–Crippen MR) is 80.3 cm³/mol. The molecule has 1 fully saturated rings. The Morgan fingerprint density at radius 1 is 1.55 bits per heavy atom. The van der Waals surface area contributed by atoms with Gasteiger partial charge in [0.25, 0.3) is 5.91 Å². The maximum Gasteiger partial charge on any atom is 0.257 e. The van der Waals surface area contributed by atoms with E-state index >= 15 is 0 Å². The van der Waals surface area contributed by atoms with E-state index in [4.69, 9.17) is 11.6 Å². The number of phenolic OH excluding ortho intramolecular Hbond substituents is 1. The van der Waals surface area contributed by atoms with Gasteiger partial charge in [-0.15, -0.1) is 0 Å². The van der Waals surface area contributed by atoms with E-state index in [-0.39, 0.29) is 17.7 Å². The number of halogens is 1. The molecular weight excluding hydrogens is 276 g/mol. The third-order valence-electron chi connectivity index (χ3n) is 3.65. The molecule has 4 nitrogen and oxygen atoms in total. The minimum atomic E-state index is -0.150. The molecule has 1 unspecified atom stereocenters. The van der Waals surface area contributed by atoms with Gasteiger partial charge in [0.1, 0.15) is 5.75 Å². The number of nitrogens with one attached hydrogen (secondary N) is 1. The smallest absolute Gasteiger partial charge is 0.257 e. The van der Waals surface area contributed by atoms with E-state index in [1.165, 1.54) is 6.07 Å². The van der Waals surface area contributed by atoms with Crippen LogP contribution in [0.2, 0.25) is 5.02 Å². The van der Waals surface area contributed by atoms with Crippen molar-refractivity contribution >= 4 is 17.5 Å². The number of phenols is 1. The Morgan fingerprint density at radius 2 is 2.30 bits per heavy atom. The lowest BCUT2D eigenvalue weighted by atomic mass is 10.1. The lowest BCUT2D eigenvalue weighted by molar-refractivity contribution is 0.0686. The van der Waals surface area contributed by atoms with Crippen molar-refractivity contribution in [2.75, 3.05) is 13.1 Å². The number of amides is 1. The van der Waals surface area contributed by atoms with Crippen molar-refractivity contribution < 1.29 is 9.90 Å². The highest BCUT2D eigenvalue weighted by molar-refractivity contribution is 6.30. The Labute approximate surface area is 124 Å². The van der Waals surface area contributed by atoms with Crippen LogP contribution in [-0.2, 0) is 0 Å². The van der Waals surface area contributed by atoms with Gasteiger partial charge >= 0.3 is 0 Å². The third kappa shape index (κ3) is 3.44. The Hall–Kier alpha value is -1.26. The van der Waals surface area contributed by atoms with Gasteiger partial charge in [-0.1, -0.05) is 11.6 Å². The van der Waals surface area contributed by atoms with Crippen molar-refractivity contribution in [3.63, 3.8) is 0 Å². The molecule has 1 aromatic carbocycles. The van der Waals surface area contributed by atoms with Crippen molar-refractivity contribution in [2.24, 2.45) is 0 Å². The molecule has 0 aromatic heterocycles. The molecule has 0 bridgehead atoms. The molecular formula is C15H21ClN2O2. The molecule has 1 saturated heterocycles. The fourth-order valence-corrected chi connectivity index (χ4v) is 2.68. The highest BCUT2D eigenvalue weighted by Crippen LogP contribution is 2.24. The average Bonchev–Trinajstić information content (AvgIpc) is 2.87. The van der Waals surface area contributed by atoms with Crippen molar-refractivity contribution in [3.05, 3.63) is 28.8 Å². The molecule has 2 rings (SSSR count). The van der Waals surface area contributed by atoms with Crippen LogP contribution in [0.15, 0.2) is 18.2 Å². The van der Waals surface area contributed by atoms with Crippen LogP contribution >= 0.6 is 11.6 Å². The van der Waals surface area contributed by atoms with Crippen molar-refractivity contribution in [1.29, 1.82) is 0 Å². The van der Waals surface area contributed by atoms with Crippen LogP contribution in [0.5, 0.6) is 5.75 Å². The SMILES string of the molecule is CC(C)N(CC1CCCN1)C(=O)c1ccc(Cl)cc1O. The van der Waals surface area contributed by atoms with E-state index in [0.717, 1.165) is 19.4 Å². The van der Waals surface area contributed by atoms with Crippen LogP contribution < -0.4 is 5.32 Å². The summed E-state index contributed by atoms with van der Waals surface area (Å²) < 4.78 is 0. The van der Waals surface area contributed by atoms with Crippen molar-refractivity contribution in [2.45, 2.75) is 38.8 Å². The second kappa shape index (κ2) is 6.46. The summed E-state index contributed by atoms with van der Waals surface area (Å²) in [6.07, 6.45) is 2.24. The van der Waals surface area contributed by atoms with Gasteiger partial charge in [0.05, 0.1) is 5.56 Å². The highest BCUT2D eigenvalue weighted by atomic mass is 35.5. The van der Waals surface area contributed by atoms with Crippen LogP contribution in [0.25, 0.3) is 0 Å². The van der Waals surface area contributed by atoms with Crippen LogP contribution in [0.4, 0.5) is 0 Å². The minimum absolute atomic E-state index is 0.0625. The molecule has 1 heterocycles. The Bertz CT molecular complexity index is 485. The average molecular weight is 297 g/mol. The Balaban J connectivity index is 2.17. The Morgan fingerprint density at radius 3 is 2.85 bits per heavy atom. The summed E-state index contributed by atoms with van der Waals surface area (Å²) >= 11 is 5.81. The van der Waals surface area contributed by atoms with E-state index < -0.39 is 0 Å². The monoisotopic (exact) mass is 296 g/mol. The maximum atomic E-state index is 12.6. The first-order valence-electron chi connectivity index (χ1n) is 7.02. The minimum Gasteiger partial charge on any atom is -0.507 e. The summed E-state index contributed by atoms with van der Waals surface area (Å²) in [5, 5.41) is 13.7. The number of rotatable bonds is 4. The number of aromatic hydroxyl groups is 1. The Kier molecular flexibility index (Phi) is 4.89. The number of carbonyl (C=O) groups excluding carboxylic acids is 1. The van der Waals surface area contributed by atoms with Gasteiger partial charge in [0, 0.05) is 23.7 Å². The fourth-order valence-electron chi connectivity index (χ4n) is 2.52. The lowest BCUT2D eigenvalue weighted by Gasteiger charge is -2.30. The van der Waals surface area contributed by atoms with E-state index in [1.807, 2.05) is 13.8 Å². The topological polar surface area (TPSA) is 52.6 Å². The van der Waals surface area contributed by atoms with Crippen LogP contribution in [0.3, 0.4) is 0 Å². The summed E-state index contributed by atoms with van der Waals surface area (Å²) in [4.78, 5) is 14.4. The van der Waals surface area contributed by atoms with Crippen molar-refractivity contribution in [3.8, 4) is 5.75 Å². The fraction of sp³-hybridized carbons (Fsp3) is 0.533. The standard InChI is InChI=1S/C15H21ClN2O2/c1-10(2)18(9-12-4-3-7-17-12)15(20)13-6-5-11(16)8-14(13)19/h5-6,8,10,12,17,19H,3-4,7,9H2,1-2H3. The number of benzene rings is 1. The maximum absolute atomic E-state index is 12.6. The van der Waals surface area contributed by atoms with Crippen LogP contribution in [0, 0.1) is 0 Å². The van der Waals surface area contributed by atoms with Crippen LogP contribution in [-0.4, -0.2) is 41.1 Å². The van der Waals surface area contributed by atoms with Gasteiger partial charge in [-0.3, -0.25) is 4.79 Å². The summed E-state index contributed by atoms with van der Waals surface area (Å²) in [6.45, 7) is 5.65. The molecule has 0 spiro atoms. The van der Waals surface area contributed by atoms with E-state index in [9.17, 15) is 9.90 Å². The molecule has 1 amide bonds. The largest absolute Gasteiger partial charge is 0.507 e. The van der Waals surface area contributed by atoms with Gasteiger partial charge < -0.3 is 15.3 Å². The first-order chi connectivity index (χ1) is 9.49. The summed E-state index contributed by atoms with van der Waals surface area (Å²) in [5.41, 5.74) is 0.307. The van der Waals surface area contributed by atoms with Crippen molar-refractivity contribution in [1.82, 2.24) is 10.2 Å². The van der Waals surface area contributed by atoms with E-state index in [2.05, 4.69) is 5.32 Å². The quantitative estimate of drug-likeness (QED) is 0.898. The predicted octanol–water partition coefficient (Wildman–Crippen LogP) is 2.65. The molecule has 1 aliphatic rings. The third-order valence-corrected chi connectivity index (χ3v) is 3.89. The van der Waals surface area contributed by atoms with Gasteiger partial charge in [0.2, 0.25) is 0 Å². The second-order valence-corrected chi connectivity index (χ2v) is 5.94. The highest BCUT2D eigenvalue weighted by Gasteiger charge is 2.25. The first kappa shape index (κ1) is 15.1. The molecule has 1 aromatic rings. The molecule has 0 aliphatic carbocycles. The lowest BCUT2D eigenvalue weighted by Crippen LogP contribution is -2.44. The molecule has 0 saturated carbocycles. The molecule has 20 heavy (non-hydrogen) atoms. The summed E-state index contributed by atoms with van der Waals surface area (Å²) in [7, 11) is 0. The zero-order chi connectivity index (χ0) is 14.7. The van der Waals surface area contributed by atoms with E-state index in [0.29, 0.717) is 23.2 Å². The zero-order valence-corrected chi connectivity index (χ0v) is 12.7. The second-order valence-electron chi connectivity index (χ2n) is 5.51. The van der Waals surface area contributed by atoms with Crippen LogP contribution in [0.1, 0.15) is 37.0 Å². The number of hydrogen-bond donors (Lipinski definition) is 2. The number of nitrogens with zero attached hydrogens (tertiary/aromatic N) is 1. The molecule has 0 radical (unpaired) electrons. The van der Waals surface area contributed by atoms with Gasteiger partial charge in [-0.25, -0.2) is 0 Å². The molecule has 1 atom stereocenters. The molecule has 5 heteroatoms. The zero-order valence-electron chi connectivity index (χ0n) is 11.9. The van der Waals surface area contributed by atoms with Gasteiger partial charge in [-0.05, 0) is 51.4 Å². The first-order valence-corrected chi connectivity index (χ1v) is 7.39. The van der Waals surface area contributed by atoms with Gasteiger partial charge in [0.15, 0.2) is 0 Å². The normalized spacial score (nSPS) is 18.5. The molecule has 2 N–H and O–H groups in total. The molecule has 1 aliphatic heterocycles. The number of hydrogen-bond acceptors (Lipinski definition) is 3. The summed E-state index contributed by atoms with van der Waals surface area (Å²) in [5.74, 6) is -0.213. The molecule has 110 valence electrons. The van der Waals surface area contributed by atoms with E-state index in [1.54, 1.807) is 17.0 Å². The van der Waals surface area contributed by atoms with Gasteiger partial charge in [-0.2, -0.15) is 0 Å².